The summed E-state index contributed by atoms with van der Waals surface area (Å²) in [5, 5.41) is 9.22. The fraction of sp³-hybridized carbons (Fsp3) is 0.195. The highest BCUT2D eigenvalue weighted by molar-refractivity contribution is 5.94. The highest BCUT2D eigenvalue weighted by atomic mass is 19.4. The number of alkyl halides is 3. The maximum Gasteiger partial charge on any atom is 0.425 e. The van der Waals surface area contributed by atoms with E-state index in [2.05, 4.69) is 16.8 Å². The number of pyridine rings is 1. The van der Waals surface area contributed by atoms with E-state index in [1.54, 1.807) is 54.6 Å². The average molecular weight is 706 g/mol. The quantitative estimate of drug-likeness (QED) is 0.0960. The number of amidine groups is 1. The Morgan fingerprint density at radius 2 is 1.42 bits per heavy atom. The Morgan fingerprint density at radius 3 is 2.00 bits per heavy atom. The molecule has 11 heteroatoms. The van der Waals surface area contributed by atoms with E-state index in [4.69, 9.17) is 19.2 Å². The zero-order chi connectivity index (χ0) is 36.9. The van der Waals surface area contributed by atoms with Gasteiger partial charge in [0.2, 0.25) is 6.10 Å². The van der Waals surface area contributed by atoms with Crippen molar-refractivity contribution in [1.82, 2.24) is 9.47 Å². The van der Waals surface area contributed by atoms with Crippen molar-refractivity contribution >= 4 is 17.4 Å². The van der Waals surface area contributed by atoms with Gasteiger partial charge in [0.15, 0.2) is 0 Å². The molecule has 262 valence electrons. The van der Waals surface area contributed by atoms with Crippen molar-refractivity contribution in [3.8, 4) is 29.4 Å². The van der Waals surface area contributed by atoms with Gasteiger partial charge < -0.3 is 14.2 Å². The second-order valence-corrected chi connectivity index (χ2v) is 12.4. The van der Waals surface area contributed by atoms with Gasteiger partial charge in [-0.25, -0.2) is 4.39 Å². The fourth-order valence-electron chi connectivity index (χ4n) is 6.22. The molecule has 1 aliphatic rings. The zero-order valence-electron chi connectivity index (χ0n) is 28.5. The second-order valence-electron chi connectivity index (χ2n) is 12.4. The number of ether oxygens (including phenoxy) is 3. The van der Waals surface area contributed by atoms with Gasteiger partial charge in [-0.3, -0.25) is 4.98 Å². The van der Waals surface area contributed by atoms with E-state index in [0.29, 0.717) is 39.6 Å². The molecule has 5 aromatic rings. The number of hydrogen-bond acceptors (Lipinski definition) is 6. The third-order valence-electron chi connectivity index (χ3n) is 8.92. The third-order valence-corrected chi connectivity index (χ3v) is 8.92. The first-order valence-electron chi connectivity index (χ1n) is 16.2. The fourth-order valence-corrected chi connectivity index (χ4v) is 6.22. The van der Waals surface area contributed by atoms with Crippen LogP contribution in [-0.2, 0) is 16.8 Å². The van der Waals surface area contributed by atoms with Gasteiger partial charge in [-0.1, -0.05) is 42.2 Å². The zero-order valence-corrected chi connectivity index (χ0v) is 28.5. The molecular weight excluding hydrogens is 672 g/mol. The lowest BCUT2D eigenvalue weighted by Gasteiger charge is -2.43. The Bertz CT molecular complexity index is 2140. The first-order chi connectivity index (χ1) is 25.0. The van der Waals surface area contributed by atoms with Crippen molar-refractivity contribution in [2.45, 2.75) is 37.7 Å². The molecule has 1 aliphatic heterocycles. The molecule has 0 amide bonds. The van der Waals surface area contributed by atoms with Crippen molar-refractivity contribution in [2.75, 3.05) is 14.2 Å². The van der Waals surface area contributed by atoms with E-state index >= 15 is 4.39 Å². The summed E-state index contributed by atoms with van der Waals surface area (Å²) in [4.78, 5) is 8.97. The molecule has 0 radical (unpaired) electrons. The van der Waals surface area contributed by atoms with Gasteiger partial charge in [-0.05, 0) is 55.5 Å². The smallest absolute Gasteiger partial charge is 0.425 e. The van der Waals surface area contributed by atoms with Gasteiger partial charge in [-0.15, -0.1) is 0 Å². The SMILES string of the molecule is COc1ccc([N+](Cc2ccccc2)(C2=N[C@](C)(c3cc(C#Cc4cncc(C#N)c4)ccc3F)C[C@@H](C(F)(F)F)O2)c2ccc(OC)cc2)cc1. The lowest BCUT2D eigenvalue weighted by atomic mass is 9.84. The number of benzene rings is 4. The first-order valence-corrected chi connectivity index (χ1v) is 16.2. The van der Waals surface area contributed by atoms with E-state index in [1.807, 2.05) is 36.4 Å². The molecule has 7 nitrogen and oxygen atoms in total. The van der Waals surface area contributed by atoms with E-state index < -0.39 is 34.5 Å². The van der Waals surface area contributed by atoms with Gasteiger partial charge >= 0.3 is 12.2 Å². The molecule has 0 bridgehead atoms. The molecular formula is C41H33F4N4O3+. The largest absolute Gasteiger partial charge is 0.497 e. The van der Waals surface area contributed by atoms with Crippen LogP contribution >= 0.6 is 0 Å². The third kappa shape index (κ3) is 7.32. The minimum atomic E-state index is -4.84. The number of methoxy groups -OCH3 is 2. The number of aromatic nitrogens is 1. The van der Waals surface area contributed by atoms with Gasteiger partial charge in [0.05, 0.1) is 25.3 Å². The molecule has 0 spiro atoms. The van der Waals surface area contributed by atoms with Gasteiger partial charge in [0.1, 0.15) is 41.3 Å². The van der Waals surface area contributed by atoms with Crippen molar-refractivity contribution in [2.24, 2.45) is 4.99 Å². The van der Waals surface area contributed by atoms with Gasteiger partial charge in [0.25, 0.3) is 0 Å². The Balaban J connectivity index is 1.60. The van der Waals surface area contributed by atoms with Crippen molar-refractivity contribution in [3.05, 3.63) is 149 Å². The van der Waals surface area contributed by atoms with Crippen LogP contribution in [0.15, 0.2) is 121 Å². The lowest BCUT2D eigenvalue weighted by Crippen LogP contribution is -2.56. The Hall–Kier alpha value is -6.17. The lowest BCUT2D eigenvalue weighted by molar-refractivity contribution is -0.210. The van der Waals surface area contributed by atoms with Crippen LogP contribution in [0.3, 0.4) is 0 Å². The minimum Gasteiger partial charge on any atom is -0.497 e. The van der Waals surface area contributed by atoms with Gasteiger partial charge in [-0.2, -0.15) is 27.9 Å². The number of rotatable bonds is 7. The van der Waals surface area contributed by atoms with Crippen LogP contribution in [0.2, 0.25) is 0 Å². The number of halogens is 4. The van der Waals surface area contributed by atoms with E-state index in [9.17, 15) is 18.4 Å². The number of hydrogen-bond donors (Lipinski definition) is 0. The highest BCUT2D eigenvalue weighted by Gasteiger charge is 2.56. The molecule has 0 saturated carbocycles. The molecule has 0 fully saturated rings. The highest BCUT2D eigenvalue weighted by Crippen LogP contribution is 2.47. The second kappa shape index (κ2) is 14.6. The van der Waals surface area contributed by atoms with Gasteiger partial charge in [0, 0.05) is 65.3 Å². The number of nitriles is 1. The molecule has 0 N–H and O–H groups in total. The monoisotopic (exact) mass is 705 g/mol. The predicted molar refractivity (Wildman–Crippen MR) is 189 cm³/mol. The van der Waals surface area contributed by atoms with Crippen molar-refractivity contribution in [1.29, 1.82) is 5.26 Å². The summed E-state index contributed by atoms with van der Waals surface area (Å²) in [6, 6.07) is 30.4. The summed E-state index contributed by atoms with van der Waals surface area (Å²) in [5.74, 6) is 6.16. The summed E-state index contributed by atoms with van der Waals surface area (Å²) in [6.45, 7) is 1.56. The van der Waals surface area contributed by atoms with E-state index in [-0.39, 0.29) is 18.1 Å². The molecule has 1 aromatic heterocycles. The predicted octanol–water partition coefficient (Wildman–Crippen LogP) is 8.97. The van der Waals surface area contributed by atoms with Crippen LogP contribution in [-0.4, -0.2) is 37.5 Å². The summed E-state index contributed by atoms with van der Waals surface area (Å²) < 4.78 is 77.3. The molecule has 2 heterocycles. The van der Waals surface area contributed by atoms with E-state index in [1.165, 1.54) is 51.7 Å². The number of quaternary nitrogens is 1. The van der Waals surface area contributed by atoms with Crippen LogP contribution in [0.25, 0.3) is 0 Å². The van der Waals surface area contributed by atoms with Crippen LogP contribution in [0, 0.1) is 29.0 Å². The van der Waals surface area contributed by atoms with E-state index in [0.717, 1.165) is 5.56 Å². The van der Waals surface area contributed by atoms with Crippen LogP contribution < -0.4 is 14.0 Å². The molecule has 2 atom stereocenters. The molecule has 4 aromatic carbocycles. The Kier molecular flexibility index (Phi) is 10.0. The Morgan fingerprint density at radius 1 is 0.827 bits per heavy atom. The minimum absolute atomic E-state index is 0.0828. The molecule has 6 rings (SSSR count). The summed E-state index contributed by atoms with van der Waals surface area (Å²) in [5.41, 5.74) is 1.06. The molecule has 52 heavy (non-hydrogen) atoms. The van der Waals surface area contributed by atoms with Crippen molar-refractivity contribution in [3.63, 3.8) is 0 Å². The summed E-state index contributed by atoms with van der Waals surface area (Å²) >= 11 is 0. The van der Waals surface area contributed by atoms with Crippen LogP contribution in [0.1, 0.15) is 41.2 Å². The maximum absolute atomic E-state index is 15.9. The molecule has 0 aliphatic carbocycles. The maximum atomic E-state index is 15.9. The average Bonchev–Trinajstić information content (AvgIpc) is 3.16. The van der Waals surface area contributed by atoms with Crippen molar-refractivity contribution < 1.29 is 31.8 Å². The van der Waals surface area contributed by atoms with Crippen LogP contribution in [0.5, 0.6) is 11.5 Å². The topological polar surface area (TPSA) is 76.7 Å². The Labute approximate surface area is 299 Å². The first kappa shape index (κ1) is 35.6. The normalized spacial score (nSPS) is 17.1. The summed E-state index contributed by atoms with van der Waals surface area (Å²) in [7, 11) is 3.04. The standard InChI is InChI=1S/C41H33F4N4O3/c1-40(36-22-28(11-20-37(36)42)9-10-30-21-31(24-46)26-47-25-30)23-38(41(43,44)45)52-39(48-40)49(27-29-7-5-4-6-8-29,32-12-16-34(50-2)17-13-32)33-14-18-35(51-3)19-15-33/h4-8,11-22,25-26,38H,23,27H2,1-3H3/q+1/t38-,40-/m0/s1. The molecule has 0 saturated heterocycles. The number of nitrogens with zero attached hydrogens (tertiary/aromatic N) is 4. The number of aliphatic imine (C=N–C) groups is 1. The summed E-state index contributed by atoms with van der Waals surface area (Å²) in [6.07, 6.45) is -5.00. The van der Waals surface area contributed by atoms with Crippen LogP contribution in [0.4, 0.5) is 28.9 Å². The molecule has 0 unspecified atom stereocenters.